The molecule has 0 heterocycles. The van der Waals surface area contributed by atoms with Crippen LogP contribution in [-0.2, 0) is 4.79 Å². The predicted molar refractivity (Wildman–Crippen MR) is 56.1 cm³/mol. The normalized spacial score (nSPS) is 9.33. The Morgan fingerprint density at radius 2 is 2.07 bits per heavy atom. The van der Waals surface area contributed by atoms with Crippen LogP contribution in [0.4, 0.5) is 5.69 Å². The summed E-state index contributed by atoms with van der Waals surface area (Å²) in [6.45, 7) is 0.0147. The minimum absolute atomic E-state index is 0.0147. The lowest BCUT2D eigenvalue weighted by Crippen LogP contribution is -2.11. The van der Waals surface area contributed by atoms with Gasteiger partial charge in [-0.25, -0.2) is 0 Å². The van der Waals surface area contributed by atoms with Gasteiger partial charge in [0.25, 0.3) is 0 Å². The zero-order chi connectivity index (χ0) is 11.1. The molecule has 15 heavy (non-hydrogen) atoms. The Morgan fingerprint density at radius 1 is 1.40 bits per heavy atom. The number of carbonyl (C=O) groups excluding carboxylic acids is 1. The number of carbonyl (C=O) groups is 1. The van der Waals surface area contributed by atoms with Gasteiger partial charge in [-0.3, -0.25) is 4.79 Å². The van der Waals surface area contributed by atoms with Gasteiger partial charge >= 0.3 is 0 Å². The van der Waals surface area contributed by atoms with Crippen LogP contribution in [0.3, 0.4) is 0 Å². The quantitative estimate of drug-likeness (QED) is 0.775. The minimum atomic E-state index is -0.131. The molecule has 0 aliphatic rings. The largest absolute Gasteiger partial charge is 0.396 e. The Hall–Kier alpha value is -1.86. The third kappa shape index (κ3) is 3.79. The lowest BCUT2D eigenvalue weighted by atomic mass is 10.2. The molecule has 0 unspecified atom stereocenters. The van der Waals surface area contributed by atoms with Gasteiger partial charge in [0.2, 0.25) is 5.91 Å². The van der Waals surface area contributed by atoms with Crippen molar-refractivity contribution in [3.63, 3.8) is 0 Å². The molecule has 0 aromatic heterocycles. The van der Waals surface area contributed by atoms with E-state index < -0.39 is 0 Å². The van der Waals surface area contributed by atoms with E-state index in [1.807, 2.05) is 6.07 Å². The molecule has 4 heteroatoms. The molecule has 0 saturated carbocycles. The van der Waals surface area contributed by atoms with Gasteiger partial charge in [-0.1, -0.05) is 0 Å². The summed E-state index contributed by atoms with van der Waals surface area (Å²) < 4.78 is 0. The van der Waals surface area contributed by atoms with Crippen LogP contribution in [0, 0.1) is 11.3 Å². The van der Waals surface area contributed by atoms with Crippen molar-refractivity contribution in [2.75, 3.05) is 11.9 Å². The first-order valence-electron chi connectivity index (χ1n) is 4.67. The zero-order valence-electron chi connectivity index (χ0n) is 8.23. The van der Waals surface area contributed by atoms with Gasteiger partial charge in [0.1, 0.15) is 0 Å². The molecule has 1 amide bonds. The summed E-state index contributed by atoms with van der Waals surface area (Å²) in [6, 6.07) is 8.63. The average molecular weight is 204 g/mol. The van der Waals surface area contributed by atoms with Crippen LogP contribution >= 0.6 is 0 Å². The smallest absolute Gasteiger partial charge is 0.224 e. The Labute approximate surface area is 88.2 Å². The van der Waals surface area contributed by atoms with Crippen LogP contribution in [0.5, 0.6) is 0 Å². The Balaban J connectivity index is 2.50. The van der Waals surface area contributed by atoms with Gasteiger partial charge < -0.3 is 10.4 Å². The number of hydrogen-bond acceptors (Lipinski definition) is 3. The second-order valence-corrected chi connectivity index (χ2v) is 3.06. The van der Waals surface area contributed by atoms with Gasteiger partial charge in [0, 0.05) is 18.7 Å². The third-order valence-electron chi connectivity index (χ3n) is 1.86. The molecule has 0 bridgehead atoms. The molecule has 0 spiro atoms. The molecule has 2 N–H and O–H groups in total. The van der Waals surface area contributed by atoms with E-state index in [0.717, 1.165) is 0 Å². The number of nitrogens with zero attached hydrogens (tertiary/aromatic N) is 1. The van der Waals surface area contributed by atoms with Crippen LogP contribution in [0.15, 0.2) is 24.3 Å². The summed E-state index contributed by atoms with van der Waals surface area (Å²) >= 11 is 0. The van der Waals surface area contributed by atoms with E-state index in [-0.39, 0.29) is 12.5 Å². The van der Waals surface area contributed by atoms with Crippen LogP contribution in [-0.4, -0.2) is 17.6 Å². The van der Waals surface area contributed by atoms with Crippen molar-refractivity contribution in [1.82, 2.24) is 0 Å². The van der Waals surface area contributed by atoms with Crippen LogP contribution < -0.4 is 5.32 Å². The highest BCUT2D eigenvalue weighted by Gasteiger charge is 2.01. The molecule has 0 fully saturated rings. The molecule has 0 atom stereocenters. The van der Waals surface area contributed by atoms with E-state index in [2.05, 4.69) is 5.32 Å². The van der Waals surface area contributed by atoms with E-state index in [0.29, 0.717) is 24.1 Å². The van der Waals surface area contributed by atoms with Crippen molar-refractivity contribution in [3.8, 4) is 6.07 Å². The molecule has 0 aliphatic carbocycles. The Morgan fingerprint density at radius 3 is 2.60 bits per heavy atom. The maximum absolute atomic E-state index is 11.2. The summed E-state index contributed by atoms with van der Waals surface area (Å²) in [5, 5.41) is 19.8. The number of anilines is 1. The van der Waals surface area contributed by atoms with E-state index in [9.17, 15) is 4.79 Å². The van der Waals surface area contributed by atoms with Gasteiger partial charge in [-0.05, 0) is 30.7 Å². The number of rotatable bonds is 4. The van der Waals surface area contributed by atoms with Crippen LogP contribution in [0.1, 0.15) is 18.4 Å². The highest BCUT2D eigenvalue weighted by molar-refractivity contribution is 5.90. The number of aliphatic hydroxyl groups is 1. The van der Waals surface area contributed by atoms with Gasteiger partial charge in [0.15, 0.2) is 0 Å². The first-order chi connectivity index (χ1) is 7.26. The van der Waals surface area contributed by atoms with Crippen molar-refractivity contribution in [3.05, 3.63) is 29.8 Å². The number of nitrogens with one attached hydrogen (secondary N) is 1. The van der Waals surface area contributed by atoms with E-state index in [4.69, 9.17) is 10.4 Å². The van der Waals surface area contributed by atoms with E-state index in [1.165, 1.54) is 0 Å². The summed E-state index contributed by atoms with van der Waals surface area (Å²) in [5.41, 5.74) is 1.22. The molecule has 78 valence electrons. The molecule has 4 nitrogen and oxygen atoms in total. The highest BCUT2D eigenvalue weighted by Crippen LogP contribution is 2.09. The van der Waals surface area contributed by atoms with Crippen molar-refractivity contribution in [1.29, 1.82) is 5.26 Å². The fourth-order valence-electron chi connectivity index (χ4n) is 1.09. The predicted octanol–water partition coefficient (Wildman–Crippen LogP) is 1.27. The molecule has 1 rings (SSSR count). The van der Waals surface area contributed by atoms with Crippen molar-refractivity contribution in [2.24, 2.45) is 0 Å². The number of benzene rings is 1. The molecular weight excluding hydrogens is 192 g/mol. The number of aliphatic hydroxyl groups excluding tert-OH is 1. The standard InChI is InChI=1S/C11H12N2O2/c12-8-9-3-5-10(6-4-9)13-11(15)2-1-7-14/h3-6,14H,1-2,7H2,(H,13,15). The summed E-state index contributed by atoms with van der Waals surface area (Å²) in [4.78, 5) is 11.2. The fraction of sp³-hybridized carbons (Fsp3) is 0.273. The lowest BCUT2D eigenvalue weighted by Gasteiger charge is -2.03. The SMILES string of the molecule is N#Cc1ccc(NC(=O)CCCO)cc1. The monoisotopic (exact) mass is 204 g/mol. The molecule has 0 aliphatic heterocycles. The molecule has 1 aromatic carbocycles. The molecule has 1 aromatic rings. The van der Waals surface area contributed by atoms with Gasteiger partial charge in [-0.15, -0.1) is 0 Å². The van der Waals surface area contributed by atoms with Crippen molar-refractivity contribution >= 4 is 11.6 Å². The molecular formula is C11H12N2O2. The fourth-order valence-corrected chi connectivity index (χ4v) is 1.09. The van der Waals surface area contributed by atoms with Crippen molar-refractivity contribution in [2.45, 2.75) is 12.8 Å². The number of nitriles is 1. The Bertz CT molecular complexity index is 365. The third-order valence-corrected chi connectivity index (χ3v) is 1.86. The van der Waals surface area contributed by atoms with E-state index >= 15 is 0 Å². The first kappa shape index (κ1) is 11.2. The summed E-state index contributed by atoms with van der Waals surface area (Å²) in [6.07, 6.45) is 0.763. The van der Waals surface area contributed by atoms with Gasteiger partial charge in [0.05, 0.1) is 11.6 Å². The maximum Gasteiger partial charge on any atom is 0.224 e. The number of amides is 1. The van der Waals surface area contributed by atoms with Gasteiger partial charge in [-0.2, -0.15) is 5.26 Å². The maximum atomic E-state index is 11.2. The lowest BCUT2D eigenvalue weighted by molar-refractivity contribution is -0.116. The summed E-state index contributed by atoms with van der Waals surface area (Å²) in [5.74, 6) is -0.131. The van der Waals surface area contributed by atoms with E-state index in [1.54, 1.807) is 24.3 Å². The molecule has 0 radical (unpaired) electrons. The van der Waals surface area contributed by atoms with Crippen LogP contribution in [0.25, 0.3) is 0 Å². The zero-order valence-corrected chi connectivity index (χ0v) is 8.23. The topological polar surface area (TPSA) is 73.1 Å². The van der Waals surface area contributed by atoms with Crippen molar-refractivity contribution < 1.29 is 9.90 Å². The average Bonchev–Trinajstić information content (AvgIpc) is 2.27. The minimum Gasteiger partial charge on any atom is -0.396 e. The second kappa shape index (κ2) is 5.78. The number of hydrogen-bond donors (Lipinski definition) is 2. The second-order valence-electron chi connectivity index (χ2n) is 3.06. The summed E-state index contributed by atoms with van der Waals surface area (Å²) in [7, 11) is 0. The Kier molecular flexibility index (Phi) is 4.32. The highest BCUT2D eigenvalue weighted by atomic mass is 16.3. The van der Waals surface area contributed by atoms with Crippen LogP contribution in [0.2, 0.25) is 0 Å². The molecule has 0 saturated heterocycles. The first-order valence-corrected chi connectivity index (χ1v) is 4.67.